The smallest absolute Gasteiger partial charge is 0.336 e. The normalized spacial score (nSPS) is 20.3. The number of benzene rings is 1. The third kappa shape index (κ3) is 3.55. The van der Waals surface area contributed by atoms with Crippen molar-refractivity contribution in [2.45, 2.75) is 25.4 Å². The summed E-state index contributed by atoms with van der Waals surface area (Å²) in [6.07, 6.45) is 2.27. The third-order valence-electron chi connectivity index (χ3n) is 3.91. The van der Waals surface area contributed by atoms with Gasteiger partial charge in [0.15, 0.2) is 0 Å². The summed E-state index contributed by atoms with van der Waals surface area (Å²) in [5, 5.41) is 9.17. The lowest BCUT2D eigenvalue weighted by atomic mass is 10.0. The van der Waals surface area contributed by atoms with Gasteiger partial charge in [-0.25, -0.2) is 9.18 Å². The maximum atomic E-state index is 13.2. The Morgan fingerprint density at radius 3 is 2.90 bits per heavy atom. The molecular weight excluding hydrogens is 259 g/mol. The first-order valence-electron chi connectivity index (χ1n) is 6.88. The van der Waals surface area contributed by atoms with Crippen LogP contribution in [-0.4, -0.2) is 54.1 Å². The van der Waals surface area contributed by atoms with E-state index in [1.54, 1.807) is 6.07 Å². The number of carboxylic acids is 1. The summed E-state index contributed by atoms with van der Waals surface area (Å²) < 4.78 is 13.2. The van der Waals surface area contributed by atoms with E-state index in [0.717, 1.165) is 25.6 Å². The van der Waals surface area contributed by atoms with Crippen molar-refractivity contribution in [1.29, 1.82) is 0 Å². The van der Waals surface area contributed by atoms with Gasteiger partial charge in [-0.3, -0.25) is 4.90 Å². The molecule has 1 aromatic rings. The summed E-state index contributed by atoms with van der Waals surface area (Å²) in [5.41, 5.74) is 0.746. The predicted octanol–water partition coefficient (Wildman–Crippen LogP) is 2.05. The van der Waals surface area contributed by atoms with Crippen LogP contribution in [0.3, 0.4) is 0 Å². The Morgan fingerprint density at radius 2 is 2.25 bits per heavy atom. The van der Waals surface area contributed by atoms with Gasteiger partial charge in [0.1, 0.15) is 5.82 Å². The first-order chi connectivity index (χ1) is 9.47. The van der Waals surface area contributed by atoms with Crippen molar-refractivity contribution in [3.05, 3.63) is 35.1 Å². The summed E-state index contributed by atoms with van der Waals surface area (Å²) in [6.45, 7) is 2.44. The minimum atomic E-state index is -1.07. The van der Waals surface area contributed by atoms with Gasteiger partial charge in [-0.05, 0) is 51.2 Å². The number of hydrogen-bond donors (Lipinski definition) is 1. The van der Waals surface area contributed by atoms with Crippen LogP contribution in [0.15, 0.2) is 18.2 Å². The highest BCUT2D eigenvalue weighted by molar-refractivity contribution is 5.89. The van der Waals surface area contributed by atoms with Crippen LogP contribution in [0, 0.1) is 5.82 Å². The Morgan fingerprint density at radius 1 is 1.50 bits per heavy atom. The van der Waals surface area contributed by atoms with Crippen molar-refractivity contribution in [2.24, 2.45) is 0 Å². The molecule has 1 aliphatic rings. The van der Waals surface area contributed by atoms with E-state index in [4.69, 9.17) is 5.11 Å². The van der Waals surface area contributed by atoms with Gasteiger partial charge in [-0.15, -0.1) is 0 Å². The molecule has 1 unspecified atom stereocenters. The summed E-state index contributed by atoms with van der Waals surface area (Å²) in [6, 6.07) is 4.51. The Bertz CT molecular complexity index is 491. The number of aromatic carboxylic acids is 1. The highest BCUT2D eigenvalue weighted by Gasteiger charge is 2.22. The fourth-order valence-corrected chi connectivity index (χ4v) is 2.72. The molecule has 4 nitrogen and oxygen atoms in total. The molecular formula is C15H21FN2O2. The van der Waals surface area contributed by atoms with Gasteiger partial charge in [0.25, 0.3) is 0 Å². The van der Waals surface area contributed by atoms with Crippen molar-refractivity contribution in [1.82, 2.24) is 9.80 Å². The average Bonchev–Trinajstić information content (AvgIpc) is 2.41. The maximum Gasteiger partial charge on any atom is 0.336 e. The second-order valence-corrected chi connectivity index (χ2v) is 5.60. The molecule has 5 heteroatoms. The molecule has 0 aromatic heterocycles. The standard InChI is InChI=1S/C15H21FN2O2/c1-17(2)13-4-3-7-18(10-13)9-11-5-6-12(16)8-14(11)15(19)20/h5-6,8,13H,3-4,7,9-10H2,1-2H3,(H,19,20). The number of likely N-dealkylation sites (N-methyl/N-ethyl adjacent to an activating group) is 1. The van der Waals surface area contributed by atoms with Crippen LogP contribution in [0.2, 0.25) is 0 Å². The van der Waals surface area contributed by atoms with E-state index in [2.05, 4.69) is 23.9 Å². The monoisotopic (exact) mass is 280 g/mol. The van der Waals surface area contributed by atoms with Gasteiger partial charge < -0.3 is 10.0 Å². The molecule has 0 amide bonds. The Labute approximate surface area is 118 Å². The molecule has 1 saturated heterocycles. The zero-order valence-corrected chi connectivity index (χ0v) is 12.0. The molecule has 0 saturated carbocycles. The molecule has 1 atom stereocenters. The molecule has 0 radical (unpaired) electrons. The molecule has 0 aliphatic carbocycles. The first kappa shape index (κ1) is 14.9. The molecule has 0 bridgehead atoms. The lowest BCUT2D eigenvalue weighted by molar-refractivity contribution is 0.0692. The Kier molecular flexibility index (Phi) is 4.73. The quantitative estimate of drug-likeness (QED) is 0.916. The summed E-state index contributed by atoms with van der Waals surface area (Å²) in [4.78, 5) is 15.6. The maximum absolute atomic E-state index is 13.2. The van der Waals surface area contributed by atoms with E-state index < -0.39 is 11.8 Å². The molecule has 20 heavy (non-hydrogen) atoms. The van der Waals surface area contributed by atoms with Crippen LogP contribution >= 0.6 is 0 Å². The predicted molar refractivity (Wildman–Crippen MR) is 75.3 cm³/mol. The van der Waals surface area contributed by atoms with Crippen LogP contribution in [0.25, 0.3) is 0 Å². The zero-order valence-electron chi connectivity index (χ0n) is 12.0. The Balaban J connectivity index is 2.11. The molecule has 1 aromatic carbocycles. The van der Waals surface area contributed by atoms with Gasteiger partial charge in [0, 0.05) is 19.1 Å². The number of halogens is 1. The number of carbonyl (C=O) groups is 1. The van der Waals surface area contributed by atoms with Crippen LogP contribution in [0.4, 0.5) is 4.39 Å². The molecule has 110 valence electrons. The van der Waals surface area contributed by atoms with E-state index in [0.29, 0.717) is 18.2 Å². The van der Waals surface area contributed by atoms with E-state index in [9.17, 15) is 9.18 Å². The highest BCUT2D eigenvalue weighted by atomic mass is 19.1. The summed E-state index contributed by atoms with van der Waals surface area (Å²) in [7, 11) is 4.13. The summed E-state index contributed by atoms with van der Waals surface area (Å²) >= 11 is 0. The van der Waals surface area contributed by atoms with Crippen molar-refractivity contribution >= 4 is 5.97 Å². The minimum absolute atomic E-state index is 0.0666. The fourth-order valence-electron chi connectivity index (χ4n) is 2.72. The topological polar surface area (TPSA) is 43.8 Å². The number of piperidine rings is 1. The van der Waals surface area contributed by atoms with E-state index in [1.807, 2.05) is 0 Å². The van der Waals surface area contributed by atoms with Gasteiger partial charge in [0.2, 0.25) is 0 Å². The minimum Gasteiger partial charge on any atom is -0.478 e. The number of likely N-dealkylation sites (tertiary alicyclic amines) is 1. The van der Waals surface area contributed by atoms with E-state index >= 15 is 0 Å². The van der Waals surface area contributed by atoms with Gasteiger partial charge in [-0.2, -0.15) is 0 Å². The number of hydrogen-bond acceptors (Lipinski definition) is 3. The Hall–Kier alpha value is -1.46. The van der Waals surface area contributed by atoms with E-state index in [-0.39, 0.29) is 5.56 Å². The van der Waals surface area contributed by atoms with E-state index in [1.165, 1.54) is 12.5 Å². The lowest BCUT2D eigenvalue weighted by Gasteiger charge is -2.36. The number of rotatable bonds is 4. The molecule has 1 N–H and O–H groups in total. The first-order valence-corrected chi connectivity index (χ1v) is 6.88. The second-order valence-electron chi connectivity index (χ2n) is 5.60. The molecule has 1 heterocycles. The van der Waals surface area contributed by atoms with Gasteiger partial charge in [0.05, 0.1) is 5.56 Å². The molecule has 1 fully saturated rings. The zero-order chi connectivity index (χ0) is 14.7. The largest absolute Gasteiger partial charge is 0.478 e. The molecule has 0 spiro atoms. The molecule has 2 rings (SSSR count). The SMILES string of the molecule is CN(C)C1CCCN(Cc2ccc(F)cc2C(=O)O)C1. The van der Waals surface area contributed by atoms with Crippen molar-refractivity contribution in [2.75, 3.05) is 27.2 Å². The van der Waals surface area contributed by atoms with Crippen molar-refractivity contribution in [3.8, 4) is 0 Å². The van der Waals surface area contributed by atoms with Crippen LogP contribution in [-0.2, 0) is 6.54 Å². The van der Waals surface area contributed by atoms with Crippen LogP contribution in [0.1, 0.15) is 28.8 Å². The third-order valence-corrected chi connectivity index (χ3v) is 3.91. The van der Waals surface area contributed by atoms with Crippen LogP contribution < -0.4 is 0 Å². The lowest BCUT2D eigenvalue weighted by Crippen LogP contribution is -2.44. The van der Waals surface area contributed by atoms with Gasteiger partial charge in [-0.1, -0.05) is 6.07 Å². The van der Waals surface area contributed by atoms with Crippen molar-refractivity contribution < 1.29 is 14.3 Å². The summed E-state index contributed by atoms with van der Waals surface area (Å²) in [5.74, 6) is -1.57. The average molecular weight is 280 g/mol. The number of carboxylic acid groups (broad SMARTS) is 1. The second kappa shape index (κ2) is 6.33. The highest BCUT2D eigenvalue weighted by Crippen LogP contribution is 2.19. The van der Waals surface area contributed by atoms with Crippen LogP contribution in [0.5, 0.6) is 0 Å². The van der Waals surface area contributed by atoms with Gasteiger partial charge >= 0.3 is 5.97 Å². The molecule has 1 aliphatic heterocycles. The van der Waals surface area contributed by atoms with Crippen molar-refractivity contribution in [3.63, 3.8) is 0 Å². The fraction of sp³-hybridized carbons (Fsp3) is 0.533. The number of nitrogens with zero attached hydrogens (tertiary/aromatic N) is 2.